The number of rotatable bonds is 7. The fourth-order valence-electron chi connectivity index (χ4n) is 9.46. The SMILES string of the molecule is CCOC[C@H]1CC[C@@H]2C3CC[C@]4(C)C([C@H](CC)Cn5nccc5N)CCC4[C@@H]3CC[C@@H]2C1. The molecular formula is C28H47N3O. The molecule has 0 bridgehead atoms. The van der Waals surface area contributed by atoms with Gasteiger partial charge in [-0.15, -0.1) is 0 Å². The van der Waals surface area contributed by atoms with Crippen molar-refractivity contribution in [1.29, 1.82) is 0 Å². The van der Waals surface area contributed by atoms with E-state index in [4.69, 9.17) is 10.5 Å². The summed E-state index contributed by atoms with van der Waals surface area (Å²) >= 11 is 0. The standard InChI is InChI=1S/C28H47N3O/c1-4-20(17-31-27(29)13-15-30-31)25-10-11-26-24-9-7-21-16-19(18-32-5-2)6-8-22(21)23(24)12-14-28(25,26)3/h13,15,19-26H,4-12,14,16-18,29H2,1-3H3/t19-,20+,21+,22-,23?,24+,25?,26?,28+/m0/s1. The Hall–Kier alpha value is -1.03. The zero-order valence-electron chi connectivity index (χ0n) is 20.8. The number of ether oxygens (including phenoxy) is 1. The molecule has 3 unspecified atom stereocenters. The van der Waals surface area contributed by atoms with Gasteiger partial charge in [-0.3, -0.25) is 0 Å². The Morgan fingerprint density at radius 1 is 1.09 bits per heavy atom. The number of nitrogen functional groups attached to an aromatic ring is 1. The molecule has 32 heavy (non-hydrogen) atoms. The molecule has 4 aliphatic carbocycles. The van der Waals surface area contributed by atoms with Crippen LogP contribution in [0.3, 0.4) is 0 Å². The Balaban J connectivity index is 1.27. The number of aromatic nitrogens is 2. The van der Waals surface area contributed by atoms with Gasteiger partial charge in [0.25, 0.3) is 0 Å². The molecule has 0 aliphatic heterocycles. The maximum atomic E-state index is 6.19. The van der Waals surface area contributed by atoms with Crippen molar-refractivity contribution in [3.8, 4) is 0 Å². The summed E-state index contributed by atoms with van der Waals surface area (Å²) in [6.07, 6.45) is 16.3. The summed E-state index contributed by atoms with van der Waals surface area (Å²) in [5, 5.41) is 4.52. The van der Waals surface area contributed by atoms with Crippen molar-refractivity contribution in [3.05, 3.63) is 12.3 Å². The molecule has 9 atom stereocenters. The molecule has 2 N–H and O–H groups in total. The number of nitrogens with zero attached hydrogens (tertiary/aromatic N) is 2. The molecule has 0 aromatic carbocycles. The van der Waals surface area contributed by atoms with Crippen LogP contribution >= 0.6 is 0 Å². The predicted molar refractivity (Wildman–Crippen MR) is 131 cm³/mol. The van der Waals surface area contributed by atoms with E-state index >= 15 is 0 Å². The number of hydrogen-bond donors (Lipinski definition) is 1. The lowest BCUT2D eigenvalue weighted by Crippen LogP contribution is -2.49. The van der Waals surface area contributed by atoms with Crippen LogP contribution in [0.15, 0.2) is 12.3 Å². The van der Waals surface area contributed by atoms with E-state index in [0.717, 1.165) is 67.0 Å². The maximum absolute atomic E-state index is 6.19. The lowest BCUT2D eigenvalue weighted by molar-refractivity contribution is -0.0797. The number of fused-ring (bicyclic) bond motifs is 5. The van der Waals surface area contributed by atoms with Crippen LogP contribution in [-0.4, -0.2) is 23.0 Å². The highest BCUT2D eigenvalue weighted by atomic mass is 16.5. The van der Waals surface area contributed by atoms with Gasteiger partial charge >= 0.3 is 0 Å². The van der Waals surface area contributed by atoms with E-state index in [1.165, 1.54) is 64.2 Å². The van der Waals surface area contributed by atoms with Gasteiger partial charge in [0.2, 0.25) is 0 Å². The largest absolute Gasteiger partial charge is 0.384 e. The Morgan fingerprint density at radius 3 is 2.69 bits per heavy atom. The van der Waals surface area contributed by atoms with E-state index in [9.17, 15) is 0 Å². The molecule has 5 rings (SSSR count). The van der Waals surface area contributed by atoms with Crippen molar-refractivity contribution in [2.24, 2.45) is 52.8 Å². The van der Waals surface area contributed by atoms with Gasteiger partial charge in [-0.05, 0) is 124 Å². The highest BCUT2D eigenvalue weighted by Gasteiger charge is 2.57. The number of nitrogens with two attached hydrogens (primary N) is 1. The average Bonchev–Trinajstić information content (AvgIpc) is 3.37. The van der Waals surface area contributed by atoms with E-state index in [1.54, 1.807) is 0 Å². The van der Waals surface area contributed by atoms with Crippen molar-refractivity contribution in [3.63, 3.8) is 0 Å². The van der Waals surface area contributed by atoms with Crippen molar-refractivity contribution in [2.75, 3.05) is 18.9 Å². The molecule has 0 radical (unpaired) electrons. The fraction of sp³-hybridized carbons (Fsp3) is 0.893. The molecular weight excluding hydrogens is 394 g/mol. The molecule has 4 nitrogen and oxygen atoms in total. The quantitative estimate of drug-likeness (QED) is 0.531. The Kier molecular flexibility index (Phi) is 6.62. The van der Waals surface area contributed by atoms with Gasteiger partial charge in [0.15, 0.2) is 0 Å². The minimum Gasteiger partial charge on any atom is -0.384 e. The maximum Gasteiger partial charge on any atom is 0.121 e. The topological polar surface area (TPSA) is 53.1 Å². The third-order valence-corrected chi connectivity index (χ3v) is 10.9. The zero-order chi connectivity index (χ0) is 22.3. The first-order valence-electron chi connectivity index (χ1n) is 13.9. The Morgan fingerprint density at radius 2 is 1.94 bits per heavy atom. The second-order valence-electron chi connectivity index (χ2n) is 12.1. The monoisotopic (exact) mass is 441 g/mol. The molecule has 1 aromatic heterocycles. The van der Waals surface area contributed by atoms with Crippen LogP contribution < -0.4 is 5.73 Å². The molecule has 4 fully saturated rings. The van der Waals surface area contributed by atoms with E-state index in [0.29, 0.717) is 11.3 Å². The average molecular weight is 442 g/mol. The van der Waals surface area contributed by atoms with Crippen LogP contribution in [0.4, 0.5) is 5.82 Å². The molecule has 4 aliphatic rings. The molecule has 180 valence electrons. The van der Waals surface area contributed by atoms with Crippen LogP contribution in [0, 0.1) is 52.8 Å². The van der Waals surface area contributed by atoms with Crippen molar-refractivity contribution in [1.82, 2.24) is 9.78 Å². The van der Waals surface area contributed by atoms with Gasteiger partial charge in [-0.1, -0.05) is 20.3 Å². The Labute approximate surface area is 196 Å². The fourth-order valence-corrected chi connectivity index (χ4v) is 9.46. The third-order valence-electron chi connectivity index (χ3n) is 10.9. The van der Waals surface area contributed by atoms with Crippen LogP contribution in [0.25, 0.3) is 0 Å². The summed E-state index contributed by atoms with van der Waals surface area (Å²) in [5.41, 5.74) is 6.72. The third kappa shape index (κ3) is 3.93. The van der Waals surface area contributed by atoms with Crippen molar-refractivity contribution < 1.29 is 4.74 Å². The smallest absolute Gasteiger partial charge is 0.121 e. The predicted octanol–water partition coefficient (Wildman–Crippen LogP) is 6.41. The van der Waals surface area contributed by atoms with Gasteiger partial charge in [0, 0.05) is 19.8 Å². The number of anilines is 1. The summed E-state index contributed by atoms with van der Waals surface area (Å²) in [6.45, 7) is 10.1. The summed E-state index contributed by atoms with van der Waals surface area (Å²) in [5.74, 6) is 8.16. The molecule has 0 spiro atoms. The van der Waals surface area contributed by atoms with Gasteiger partial charge in [-0.2, -0.15) is 5.10 Å². The van der Waals surface area contributed by atoms with Gasteiger partial charge in [0.05, 0.1) is 6.20 Å². The lowest BCUT2D eigenvalue weighted by Gasteiger charge is -2.57. The van der Waals surface area contributed by atoms with Crippen molar-refractivity contribution in [2.45, 2.75) is 91.5 Å². The summed E-state index contributed by atoms with van der Waals surface area (Å²) in [4.78, 5) is 0. The van der Waals surface area contributed by atoms with E-state index < -0.39 is 0 Å². The van der Waals surface area contributed by atoms with E-state index in [2.05, 4.69) is 30.6 Å². The minimum absolute atomic E-state index is 0.531. The first-order valence-corrected chi connectivity index (χ1v) is 13.9. The highest BCUT2D eigenvalue weighted by molar-refractivity contribution is 5.25. The normalized spacial score (nSPS) is 42.2. The molecule has 0 saturated heterocycles. The molecule has 1 heterocycles. The molecule has 4 saturated carbocycles. The lowest BCUT2D eigenvalue weighted by atomic mass is 9.48. The zero-order valence-corrected chi connectivity index (χ0v) is 20.8. The van der Waals surface area contributed by atoms with E-state index in [-0.39, 0.29) is 0 Å². The van der Waals surface area contributed by atoms with Crippen LogP contribution in [-0.2, 0) is 11.3 Å². The highest BCUT2D eigenvalue weighted by Crippen LogP contribution is 2.65. The summed E-state index contributed by atoms with van der Waals surface area (Å²) < 4.78 is 7.86. The van der Waals surface area contributed by atoms with Gasteiger partial charge in [0.1, 0.15) is 5.82 Å². The van der Waals surface area contributed by atoms with Crippen LogP contribution in [0.1, 0.15) is 85.0 Å². The Bertz CT molecular complexity index is 762. The minimum atomic E-state index is 0.531. The summed E-state index contributed by atoms with van der Waals surface area (Å²) in [6, 6.07) is 1.94. The van der Waals surface area contributed by atoms with Crippen LogP contribution in [0.2, 0.25) is 0 Å². The molecule has 0 amide bonds. The second-order valence-corrected chi connectivity index (χ2v) is 12.1. The molecule has 4 heteroatoms. The van der Waals surface area contributed by atoms with Crippen molar-refractivity contribution >= 4 is 5.82 Å². The van der Waals surface area contributed by atoms with Gasteiger partial charge in [-0.25, -0.2) is 4.68 Å². The molecule has 1 aromatic rings. The van der Waals surface area contributed by atoms with E-state index in [1.807, 2.05) is 12.3 Å². The first-order chi connectivity index (χ1) is 15.5. The number of hydrogen-bond acceptors (Lipinski definition) is 3. The van der Waals surface area contributed by atoms with Crippen LogP contribution in [0.5, 0.6) is 0 Å². The first kappa shape index (κ1) is 22.7. The van der Waals surface area contributed by atoms with Gasteiger partial charge < -0.3 is 10.5 Å². The summed E-state index contributed by atoms with van der Waals surface area (Å²) in [7, 11) is 0. The second kappa shape index (κ2) is 9.31.